The van der Waals surface area contributed by atoms with Crippen molar-refractivity contribution in [3.63, 3.8) is 0 Å². The summed E-state index contributed by atoms with van der Waals surface area (Å²) in [5, 5.41) is 2.53. The smallest absolute Gasteiger partial charge is 0.241 e. The molecular formula is C11H14N4O. The lowest BCUT2D eigenvalue weighted by Crippen LogP contribution is -2.31. The van der Waals surface area contributed by atoms with E-state index in [4.69, 9.17) is 5.73 Å². The third-order valence-corrected chi connectivity index (χ3v) is 2.64. The molecule has 1 atom stereocenters. The van der Waals surface area contributed by atoms with Gasteiger partial charge in [0.1, 0.15) is 6.04 Å². The third-order valence-electron chi connectivity index (χ3n) is 2.64. The molecule has 2 rings (SSSR count). The molecular weight excluding hydrogens is 204 g/mol. The van der Waals surface area contributed by atoms with E-state index in [1.54, 1.807) is 13.4 Å². The average Bonchev–Trinajstić information content (AvgIpc) is 2.68. The Balaban J connectivity index is 2.43. The lowest BCUT2D eigenvalue weighted by Gasteiger charge is -2.10. The second kappa shape index (κ2) is 3.94. The van der Waals surface area contributed by atoms with Crippen molar-refractivity contribution in [3.8, 4) is 0 Å². The minimum Gasteiger partial charge on any atom is -0.358 e. The standard InChI is InChI=1S/C11H14N4O/c1-13-11(16)10(12)7-3-4-9-8(5-7)14-6-15(9)2/h3-6,10H,12H2,1-2H3,(H,13,16). The highest BCUT2D eigenvalue weighted by molar-refractivity contribution is 5.84. The predicted octanol–water partition coefficient (Wildman–Crippen LogP) is 0.319. The van der Waals surface area contributed by atoms with Crippen LogP contribution in [-0.2, 0) is 11.8 Å². The Bertz CT molecular complexity index is 532. The Morgan fingerprint density at radius 1 is 1.56 bits per heavy atom. The Hall–Kier alpha value is -1.88. The molecule has 84 valence electrons. The molecule has 0 bridgehead atoms. The molecule has 1 heterocycles. The molecule has 1 unspecified atom stereocenters. The summed E-state index contributed by atoms with van der Waals surface area (Å²) in [6.07, 6.45) is 1.74. The van der Waals surface area contributed by atoms with Crippen LogP contribution in [0.15, 0.2) is 24.5 Å². The number of likely N-dealkylation sites (N-methyl/N-ethyl adjacent to an activating group) is 1. The second-order valence-corrected chi connectivity index (χ2v) is 3.70. The zero-order chi connectivity index (χ0) is 11.7. The van der Waals surface area contributed by atoms with Crippen molar-refractivity contribution in [3.05, 3.63) is 30.1 Å². The van der Waals surface area contributed by atoms with Crippen LogP contribution in [0.2, 0.25) is 0 Å². The highest BCUT2D eigenvalue weighted by atomic mass is 16.2. The Labute approximate surface area is 93.3 Å². The molecule has 3 N–H and O–H groups in total. The summed E-state index contributed by atoms with van der Waals surface area (Å²) >= 11 is 0. The molecule has 1 amide bonds. The van der Waals surface area contributed by atoms with Gasteiger partial charge in [0.05, 0.1) is 17.4 Å². The molecule has 0 radical (unpaired) electrons. The van der Waals surface area contributed by atoms with Gasteiger partial charge in [-0.3, -0.25) is 4.79 Å². The summed E-state index contributed by atoms with van der Waals surface area (Å²) in [6.45, 7) is 0. The van der Waals surface area contributed by atoms with E-state index >= 15 is 0 Å². The van der Waals surface area contributed by atoms with E-state index in [0.717, 1.165) is 16.6 Å². The zero-order valence-electron chi connectivity index (χ0n) is 9.27. The van der Waals surface area contributed by atoms with E-state index in [9.17, 15) is 4.79 Å². The quantitative estimate of drug-likeness (QED) is 0.762. The van der Waals surface area contributed by atoms with E-state index in [1.165, 1.54) is 0 Å². The number of imidazole rings is 1. The van der Waals surface area contributed by atoms with Crippen LogP contribution in [0.3, 0.4) is 0 Å². The summed E-state index contributed by atoms with van der Waals surface area (Å²) in [5.74, 6) is -0.199. The van der Waals surface area contributed by atoms with E-state index < -0.39 is 6.04 Å². The minimum absolute atomic E-state index is 0.199. The fourth-order valence-corrected chi connectivity index (χ4v) is 1.65. The number of hydrogen-bond donors (Lipinski definition) is 2. The first kappa shape index (κ1) is 10.6. The lowest BCUT2D eigenvalue weighted by molar-refractivity contribution is -0.121. The van der Waals surface area contributed by atoms with Gasteiger partial charge >= 0.3 is 0 Å². The average molecular weight is 218 g/mol. The third kappa shape index (κ3) is 1.65. The van der Waals surface area contributed by atoms with Crippen molar-refractivity contribution < 1.29 is 4.79 Å². The summed E-state index contributed by atoms with van der Waals surface area (Å²) in [6, 6.07) is 4.97. The summed E-state index contributed by atoms with van der Waals surface area (Å²) < 4.78 is 1.92. The minimum atomic E-state index is -0.642. The number of amides is 1. The summed E-state index contributed by atoms with van der Waals surface area (Å²) in [5.41, 5.74) is 8.44. The van der Waals surface area contributed by atoms with Gasteiger partial charge in [0.2, 0.25) is 5.91 Å². The number of nitrogens with zero attached hydrogens (tertiary/aromatic N) is 2. The maximum Gasteiger partial charge on any atom is 0.241 e. The van der Waals surface area contributed by atoms with Crippen LogP contribution in [-0.4, -0.2) is 22.5 Å². The van der Waals surface area contributed by atoms with Crippen LogP contribution in [0.4, 0.5) is 0 Å². The molecule has 5 heteroatoms. The largest absolute Gasteiger partial charge is 0.358 e. The first-order chi connectivity index (χ1) is 7.63. The van der Waals surface area contributed by atoms with E-state index in [0.29, 0.717) is 0 Å². The van der Waals surface area contributed by atoms with Gasteiger partial charge in [-0.2, -0.15) is 0 Å². The number of carbonyl (C=O) groups excluding carboxylic acids is 1. The van der Waals surface area contributed by atoms with Crippen molar-refractivity contribution >= 4 is 16.9 Å². The van der Waals surface area contributed by atoms with Gasteiger partial charge < -0.3 is 15.6 Å². The molecule has 0 aliphatic carbocycles. The predicted molar refractivity (Wildman–Crippen MR) is 61.7 cm³/mol. The Kier molecular flexibility index (Phi) is 2.62. The van der Waals surface area contributed by atoms with Crippen LogP contribution < -0.4 is 11.1 Å². The van der Waals surface area contributed by atoms with E-state index in [1.807, 2.05) is 29.8 Å². The van der Waals surface area contributed by atoms with Gasteiger partial charge in [-0.05, 0) is 17.7 Å². The lowest BCUT2D eigenvalue weighted by atomic mass is 10.1. The first-order valence-electron chi connectivity index (χ1n) is 5.01. The van der Waals surface area contributed by atoms with Crippen molar-refractivity contribution in [2.45, 2.75) is 6.04 Å². The number of nitrogens with one attached hydrogen (secondary N) is 1. The molecule has 2 aromatic rings. The molecule has 16 heavy (non-hydrogen) atoms. The number of rotatable bonds is 2. The molecule has 0 saturated carbocycles. The molecule has 0 spiro atoms. The summed E-state index contributed by atoms with van der Waals surface area (Å²) in [4.78, 5) is 15.6. The van der Waals surface area contributed by atoms with Crippen LogP contribution >= 0.6 is 0 Å². The summed E-state index contributed by atoms with van der Waals surface area (Å²) in [7, 11) is 3.50. The number of aromatic nitrogens is 2. The Morgan fingerprint density at radius 3 is 3.00 bits per heavy atom. The van der Waals surface area contributed by atoms with Gasteiger partial charge in [0.25, 0.3) is 0 Å². The molecule has 1 aromatic carbocycles. The number of aryl methyl sites for hydroxylation is 1. The first-order valence-corrected chi connectivity index (χ1v) is 5.01. The van der Waals surface area contributed by atoms with Crippen LogP contribution in [0.1, 0.15) is 11.6 Å². The van der Waals surface area contributed by atoms with Crippen LogP contribution in [0.25, 0.3) is 11.0 Å². The molecule has 0 aliphatic heterocycles. The zero-order valence-corrected chi connectivity index (χ0v) is 9.27. The van der Waals surface area contributed by atoms with Gasteiger partial charge in [0, 0.05) is 14.1 Å². The number of hydrogen-bond acceptors (Lipinski definition) is 3. The highest BCUT2D eigenvalue weighted by Gasteiger charge is 2.14. The number of fused-ring (bicyclic) bond motifs is 1. The number of carbonyl (C=O) groups is 1. The maximum absolute atomic E-state index is 11.4. The highest BCUT2D eigenvalue weighted by Crippen LogP contribution is 2.17. The van der Waals surface area contributed by atoms with Crippen molar-refractivity contribution in [1.29, 1.82) is 0 Å². The molecule has 0 fully saturated rings. The number of benzene rings is 1. The normalized spacial score (nSPS) is 12.7. The molecule has 0 aliphatic rings. The van der Waals surface area contributed by atoms with E-state index in [-0.39, 0.29) is 5.91 Å². The number of nitrogens with two attached hydrogens (primary N) is 1. The Morgan fingerprint density at radius 2 is 2.31 bits per heavy atom. The fraction of sp³-hybridized carbons (Fsp3) is 0.273. The van der Waals surface area contributed by atoms with Crippen LogP contribution in [0, 0.1) is 0 Å². The molecule has 1 aromatic heterocycles. The monoisotopic (exact) mass is 218 g/mol. The van der Waals surface area contributed by atoms with Gasteiger partial charge in [-0.15, -0.1) is 0 Å². The van der Waals surface area contributed by atoms with Crippen molar-refractivity contribution in [2.24, 2.45) is 12.8 Å². The van der Waals surface area contributed by atoms with Gasteiger partial charge in [-0.1, -0.05) is 6.07 Å². The molecule has 5 nitrogen and oxygen atoms in total. The van der Waals surface area contributed by atoms with E-state index in [2.05, 4.69) is 10.3 Å². The van der Waals surface area contributed by atoms with Crippen molar-refractivity contribution in [1.82, 2.24) is 14.9 Å². The fourth-order valence-electron chi connectivity index (χ4n) is 1.65. The molecule has 0 saturated heterocycles. The van der Waals surface area contributed by atoms with Crippen LogP contribution in [0.5, 0.6) is 0 Å². The SMILES string of the molecule is CNC(=O)C(N)c1ccc2c(c1)ncn2C. The topological polar surface area (TPSA) is 72.9 Å². The second-order valence-electron chi connectivity index (χ2n) is 3.70. The van der Waals surface area contributed by atoms with Gasteiger partial charge in [0.15, 0.2) is 0 Å². The maximum atomic E-state index is 11.4. The van der Waals surface area contributed by atoms with Gasteiger partial charge in [-0.25, -0.2) is 4.98 Å². The van der Waals surface area contributed by atoms with Crippen molar-refractivity contribution in [2.75, 3.05) is 7.05 Å².